The van der Waals surface area contributed by atoms with E-state index in [4.69, 9.17) is 18.5 Å². The molecule has 10 heteroatoms. The van der Waals surface area contributed by atoms with E-state index in [1.165, 1.54) is 103 Å². The zero-order chi connectivity index (χ0) is 45.0. The third-order valence-corrected chi connectivity index (χ3v) is 11.5. The lowest BCUT2D eigenvalue weighted by Crippen LogP contribution is -2.37. The van der Waals surface area contributed by atoms with Gasteiger partial charge in [-0.2, -0.15) is 0 Å². The van der Waals surface area contributed by atoms with Gasteiger partial charge in [-0.3, -0.25) is 18.6 Å². The third kappa shape index (κ3) is 47.3. The maximum Gasteiger partial charge on any atom is 0.472 e. The lowest BCUT2D eigenvalue weighted by molar-refractivity contribution is -0.870. The first-order valence-corrected chi connectivity index (χ1v) is 26.4. The van der Waals surface area contributed by atoms with Crippen molar-refractivity contribution in [3.05, 3.63) is 48.6 Å². The van der Waals surface area contributed by atoms with Crippen LogP contribution in [0.1, 0.15) is 213 Å². The van der Waals surface area contributed by atoms with Crippen LogP contribution in [0.25, 0.3) is 0 Å². The van der Waals surface area contributed by atoms with E-state index >= 15 is 0 Å². The van der Waals surface area contributed by atoms with Gasteiger partial charge in [0.05, 0.1) is 27.7 Å². The average molecular weight is 881 g/mol. The van der Waals surface area contributed by atoms with Crippen LogP contribution in [0.5, 0.6) is 0 Å². The Bertz CT molecular complexity index is 1180. The summed E-state index contributed by atoms with van der Waals surface area (Å²) in [6.45, 7) is 4.34. The van der Waals surface area contributed by atoms with Crippen molar-refractivity contribution in [1.82, 2.24) is 0 Å². The molecule has 0 bridgehead atoms. The number of carbonyl (C=O) groups is 2. The molecule has 0 aliphatic carbocycles. The molecule has 0 radical (unpaired) electrons. The Balaban J connectivity index is 4.31. The molecule has 2 atom stereocenters. The van der Waals surface area contributed by atoms with Gasteiger partial charge in [0.15, 0.2) is 6.10 Å². The van der Waals surface area contributed by atoms with Crippen LogP contribution in [0, 0.1) is 0 Å². The van der Waals surface area contributed by atoms with Gasteiger partial charge < -0.3 is 18.9 Å². The second-order valence-electron chi connectivity index (χ2n) is 17.8. The summed E-state index contributed by atoms with van der Waals surface area (Å²) in [4.78, 5) is 35.4. The highest BCUT2D eigenvalue weighted by Gasteiger charge is 2.27. The number of quaternary nitrogens is 1. The summed E-state index contributed by atoms with van der Waals surface area (Å²) >= 11 is 0. The largest absolute Gasteiger partial charge is 0.472 e. The summed E-state index contributed by atoms with van der Waals surface area (Å²) in [5.74, 6) is -0.862. The topological polar surface area (TPSA) is 108 Å². The van der Waals surface area contributed by atoms with Crippen molar-refractivity contribution in [2.45, 2.75) is 219 Å². The molecule has 0 saturated carbocycles. The van der Waals surface area contributed by atoms with Crippen LogP contribution in [-0.4, -0.2) is 74.9 Å². The SMILES string of the molecule is CCCC/C=C/C/C=C/CCCCCCCC(=O)OC[C@H](COP(=O)(O)OCC[N+](C)(C)C)OC(=O)CCC/C=C/CC/C=C/CCCCCCCCCCCCCCCC. The first kappa shape index (κ1) is 59.0. The number of ether oxygens (including phenoxy) is 2. The zero-order valence-corrected chi connectivity index (χ0v) is 41.0. The van der Waals surface area contributed by atoms with Gasteiger partial charge in [0.2, 0.25) is 0 Å². The van der Waals surface area contributed by atoms with Crippen LogP contribution in [-0.2, 0) is 32.7 Å². The minimum absolute atomic E-state index is 0.0214. The Morgan fingerprint density at radius 1 is 0.508 bits per heavy atom. The van der Waals surface area contributed by atoms with Crippen molar-refractivity contribution in [2.24, 2.45) is 0 Å². The van der Waals surface area contributed by atoms with Crippen molar-refractivity contribution in [1.29, 1.82) is 0 Å². The van der Waals surface area contributed by atoms with E-state index in [1.54, 1.807) is 0 Å². The molecular weight excluding hydrogens is 786 g/mol. The van der Waals surface area contributed by atoms with E-state index in [9.17, 15) is 19.0 Å². The third-order valence-electron chi connectivity index (χ3n) is 10.6. The van der Waals surface area contributed by atoms with Gasteiger partial charge in [-0.1, -0.05) is 178 Å². The van der Waals surface area contributed by atoms with E-state index < -0.39 is 32.5 Å². The molecule has 0 aromatic carbocycles. The van der Waals surface area contributed by atoms with E-state index in [2.05, 4.69) is 62.5 Å². The van der Waals surface area contributed by atoms with Crippen LogP contribution >= 0.6 is 7.82 Å². The Morgan fingerprint density at radius 2 is 0.934 bits per heavy atom. The molecule has 0 rings (SSSR count). The quantitative estimate of drug-likeness (QED) is 0.0212. The summed E-state index contributed by atoms with van der Waals surface area (Å²) in [7, 11) is 1.44. The molecule has 1 N–H and O–H groups in total. The number of phosphoric acid groups is 1. The van der Waals surface area contributed by atoms with Gasteiger partial charge in [0.1, 0.15) is 19.8 Å². The lowest BCUT2D eigenvalue weighted by Gasteiger charge is -2.24. The Kier molecular flexibility index (Phi) is 41.8. The monoisotopic (exact) mass is 881 g/mol. The molecule has 61 heavy (non-hydrogen) atoms. The van der Waals surface area contributed by atoms with Gasteiger partial charge in [0, 0.05) is 12.8 Å². The first-order chi connectivity index (χ1) is 29.5. The number of unbranched alkanes of at least 4 members (excludes halogenated alkanes) is 23. The molecule has 0 spiro atoms. The summed E-state index contributed by atoms with van der Waals surface area (Å²) in [5, 5.41) is 0. The fraction of sp³-hybridized carbons (Fsp3) is 0.804. The van der Waals surface area contributed by atoms with Crippen molar-refractivity contribution in [3.8, 4) is 0 Å². The molecule has 0 aliphatic rings. The summed E-state index contributed by atoms with van der Waals surface area (Å²) in [6, 6.07) is 0. The predicted octanol–water partition coefficient (Wildman–Crippen LogP) is 14.6. The minimum Gasteiger partial charge on any atom is -0.462 e. The number of rotatable bonds is 45. The predicted molar refractivity (Wildman–Crippen MR) is 257 cm³/mol. The Morgan fingerprint density at radius 3 is 1.46 bits per heavy atom. The summed E-state index contributed by atoms with van der Waals surface area (Å²) in [6.07, 6.45) is 51.8. The molecule has 0 heterocycles. The fourth-order valence-electron chi connectivity index (χ4n) is 6.64. The average Bonchev–Trinajstić information content (AvgIpc) is 3.21. The number of likely N-dealkylation sites (N-methyl/N-ethyl adjacent to an activating group) is 1. The van der Waals surface area contributed by atoms with Crippen molar-refractivity contribution < 1.29 is 42.1 Å². The van der Waals surface area contributed by atoms with Gasteiger partial charge in [-0.05, 0) is 70.6 Å². The van der Waals surface area contributed by atoms with E-state index in [1.807, 2.05) is 21.1 Å². The fourth-order valence-corrected chi connectivity index (χ4v) is 7.38. The van der Waals surface area contributed by atoms with Crippen LogP contribution < -0.4 is 0 Å². The maximum absolute atomic E-state index is 12.7. The molecular formula is C51H95NO8P+. The number of allylic oxidation sites excluding steroid dienone is 8. The van der Waals surface area contributed by atoms with Crippen molar-refractivity contribution in [2.75, 3.05) is 47.5 Å². The van der Waals surface area contributed by atoms with Gasteiger partial charge >= 0.3 is 19.8 Å². The molecule has 0 aromatic heterocycles. The highest BCUT2D eigenvalue weighted by Crippen LogP contribution is 2.43. The highest BCUT2D eigenvalue weighted by molar-refractivity contribution is 7.47. The maximum atomic E-state index is 12.7. The van der Waals surface area contributed by atoms with Gasteiger partial charge in [0.25, 0.3) is 0 Å². The normalized spacial score (nSPS) is 13.9. The Hall–Kier alpha value is -2.03. The minimum atomic E-state index is -4.39. The highest BCUT2D eigenvalue weighted by atomic mass is 31.2. The van der Waals surface area contributed by atoms with E-state index in [0.717, 1.165) is 70.6 Å². The summed E-state index contributed by atoms with van der Waals surface area (Å²) < 4.78 is 34.3. The Labute approximate surface area is 375 Å². The number of phosphoric ester groups is 1. The van der Waals surface area contributed by atoms with E-state index in [-0.39, 0.29) is 26.1 Å². The molecule has 1 unspecified atom stereocenters. The first-order valence-electron chi connectivity index (χ1n) is 24.9. The van der Waals surface area contributed by atoms with Crippen molar-refractivity contribution in [3.63, 3.8) is 0 Å². The molecule has 0 amide bonds. The molecule has 0 fully saturated rings. The number of hydrogen-bond donors (Lipinski definition) is 1. The van der Waals surface area contributed by atoms with Crippen LogP contribution in [0.2, 0.25) is 0 Å². The number of esters is 2. The molecule has 0 aromatic rings. The lowest BCUT2D eigenvalue weighted by atomic mass is 10.0. The van der Waals surface area contributed by atoms with Crippen LogP contribution in [0.15, 0.2) is 48.6 Å². The second kappa shape index (κ2) is 43.2. The van der Waals surface area contributed by atoms with Gasteiger partial charge in [-0.15, -0.1) is 0 Å². The van der Waals surface area contributed by atoms with Crippen LogP contribution in [0.3, 0.4) is 0 Å². The molecule has 356 valence electrons. The zero-order valence-electron chi connectivity index (χ0n) is 40.1. The second-order valence-corrected chi connectivity index (χ2v) is 19.3. The van der Waals surface area contributed by atoms with Crippen LogP contribution in [0.4, 0.5) is 0 Å². The molecule has 0 saturated heterocycles. The molecule has 0 aliphatic heterocycles. The number of nitrogens with zero attached hydrogens (tertiary/aromatic N) is 1. The summed E-state index contributed by atoms with van der Waals surface area (Å²) in [5.41, 5.74) is 0. The van der Waals surface area contributed by atoms with E-state index in [0.29, 0.717) is 23.9 Å². The smallest absolute Gasteiger partial charge is 0.462 e. The van der Waals surface area contributed by atoms with Crippen molar-refractivity contribution >= 4 is 19.8 Å². The number of carbonyl (C=O) groups excluding carboxylic acids is 2. The van der Waals surface area contributed by atoms with Gasteiger partial charge in [-0.25, -0.2) is 4.57 Å². The standard InChI is InChI=1S/C51H94NO8P/c1-6-8-10-12-14-16-18-20-22-23-24-25-26-27-28-29-30-32-34-36-38-40-42-44-51(54)60-49(48-59-61(55,56)58-46-45-52(3,4)5)47-57-50(53)43-41-39-37-35-33-31-21-19-17-15-13-11-9-7-2/h13,15,19,21,29-30,36,38,49H,6-12,14,16-18,20,22-28,31-35,37,39-48H2,1-5H3/p+1/b15-13+,21-19+,30-29+,38-36+/t49-/m1/s1. The molecule has 9 nitrogen and oxygen atoms in total. The number of hydrogen-bond acceptors (Lipinski definition) is 7.